The first-order chi connectivity index (χ1) is 7.31. The van der Waals surface area contributed by atoms with E-state index in [1.165, 1.54) is 25.8 Å². The predicted molar refractivity (Wildman–Crippen MR) is 59.5 cm³/mol. The average molecular weight is 207 g/mol. The van der Waals surface area contributed by atoms with Gasteiger partial charge in [0.2, 0.25) is 5.75 Å². The van der Waals surface area contributed by atoms with Crippen LogP contribution >= 0.6 is 0 Å². The quantitative estimate of drug-likeness (QED) is 0.755. The number of nitrogens with one attached hydrogen (secondary N) is 1. The number of fused-ring (bicyclic) bond motifs is 2. The van der Waals surface area contributed by atoms with Crippen molar-refractivity contribution in [3.05, 3.63) is 18.2 Å². The highest BCUT2D eigenvalue weighted by Crippen LogP contribution is 2.47. The summed E-state index contributed by atoms with van der Waals surface area (Å²) < 4.78 is 4.89. The van der Waals surface area contributed by atoms with Gasteiger partial charge in [0.05, 0.1) is 0 Å². The van der Waals surface area contributed by atoms with E-state index >= 15 is 0 Å². The van der Waals surface area contributed by atoms with Crippen LogP contribution in [0.4, 0.5) is 0 Å². The van der Waals surface area contributed by atoms with Crippen molar-refractivity contribution in [3.63, 3.8) is 0 Å². The highest BCUT2D eigenvalue weighted by atomic mass is 16.5. The van der Waals surface area contributed by atoms with Crippen molar-refractivity contribution in [2.24, 2.45) is 0 Å². The van der Waals surface area contributed by atoms with Gasteiger partial charge in [-0.05, 0) is 37.9 Å². The molecule has 0 radical (unpaired) electrons. The molecule has 1 aromatic rings. The van der Waals surface area contributed by atoms with E-state index in [2.05, 4.69) is 12.2 Å². The van der Waals surface area contributed by atoms with Gasteiger partial charge in [0.15, 0.2) is 11.5 Å². The highest BCUT2D eigenvalue weighted by molar-refractivity contribution is 5.59. The Balaban J connectivity index is 0.000000115. The van der Waals surface area contributed by atoms with Gasteiger partial charge in [-0.1, -0.05) is 13.0 Å². The Morgan fingerprint density at radius 1 is 1.47 bits per heavy atom. The fourth-order valence-corrected chi connectivity index (χ4v) is 1.84. The lowest BCUT2D eigenvalue weighted by Crippen LogP contribution is -2.19. The minimum absolute atomic E-state index is 0.285. The van der Waals surface area contributed by atoms with Gasteiger partial charge in [0.1, 0.15) is 0 Å². The van der Waals surface area contributed by atoms with E-state index < -0.39 is 0 Å². The number of rotatable bonds is 1. The number of phenols is 1. The summed E-state index contributed by atoms with van der Waals surface area (Å²) in [5.74, 6) is 1.46. The second-order valence-electron chi connectivity index (χ2n) is 3.91. The summed E-state index contributed by atoms with van der Waals surface area (Å²) >= 11 is 0. The lowest BCUT2D eigenvalue weighted by Gasteiger charge is -2.17. The Hall–Kier alpha value is -1.22. The second-order valence-corrected chi connectivity index (χ2v) is 3.91. The summed E-state index contributed by atoms with van der Waals surface area (Å²) in [5, 5.41) is 12.3. The number of hydrogen-bond acceptors (Lipinski definition) is 3. The van der Waals surface area contributed by atoms with E-state index in [9.17, 15) is 0 Å². The van der Waals surface area contributed by atoms with Crippen LogP contribution in [-0.4, -0.2) is 17.7 Å². The first kappa shape index (κ1) is 10.3. The summed E-state index contributed by atoms with van der Waals surface area (Å²) in [4.78, 5) is 0. The number of aromatic hydroxyl groups is 1. The number of hydrogen-bond donors (Lipinski definition) is 2. The molecule has 4 rings (SSSR count). The molecule has 0 aromatic heterocycles. The van der Waals surface area contributed by atoms with Crippen LogP contribution in [0.25, 0.3) is 0 Å². The third-order valence-corrected chi connectivity index (χ3v) is 2.84. The molecule has 0 aliphatic carbocycles. The van der Waals surface area contributed by atoms with Crippen LogP contribution in [0.1, 0.15) is 26.2 Å². The largest absolute Gasteiger partial charge is 0.502 e. The summed E-state index contributed by atoms with van der Waals surface area (Å²) in [6.07, 6.45) is 4.09. The van der Waals surface area contributed by atoms with Crippen LogP contribution < -0.4 is 10.1 Å². The van der Waals surface area contributed by atoms with E-state index in [1.807, 2.05) is 6.07 Å². The molecule has 3 heteroatoms. The summed E-state index contributed by atoms with van der Waals surface area (Å²) in [6.45, 7) is 3.49. The zero-order chi connectivity index (χ0) is 10.7. The van der Waals surface area contributed by atoms with Crippen LogP contribution in [0, 0.1) is 0 Å². The maximum absolute atomic E-state index is 8.86. The predicted octanol–water partition coefficient (Wildman–Crippen LogP) is 2.65. The monoisotopic (exact) mass is 207 g/mol. The van der Waals surface area contributed by atoms with Crippen molar-refractivity contribution < 1.29 is 9.84 Å². The summed E-state index contributed by atoms with van der Waals surface area (Å²) in [7, 11) is 0. The molecule has 3 aliphatic heterocycles. The van der Waals surface area contributed by atoms with Crippen LogP contribution in [-0.2, 0) is 0 Å². The van der Waals surface area contributed by atoms with E-state index in [-0.39, 0.29) is 5.75 Å². The van der Waals surface area contributed by atoms with Gasteiger partial charge in [0.25, 0.3) is 0 Å². The summed E-state index contributed by atoms with van der Waals surface area (Å²) in [6, 6.07) is 6.14. The van der Waals surface area contributed by atoms with Gasteiger partial charge >= 0.3 is 0 Å². The molecule has 1 atom stereocenters. The van der Waals surface area contributed by atoms with Gasteiger partial charge in [-0.25, -0.2) is 0 Å². The molecule has 2 N–H and O–H groups in total. The molecule has 1 aromatic carbocycles. The van der Waals surface area contributed by atoms with E-state index in [0.29, 0.717) is 11.5 Å². The summed E-state index contributed by atoms with van der Waals surface area (Å²) in [5.41, 5.74) is 0. The minimum Gasteiger partial charge on any atom is -0.502 e. The van der Waals surface area contributed by atoms with E-state index in [4.69, 9.17) is 9.84 Å². The maximum atomic E-state index is 8.86. The average Bonchev–Trinajstić information content (AvgIpc) is 2.83. The normalized spacial score (nSPS) is 21.0. The number of ether oxygens (including phenoxy) is 1. The Kier molecular flexibility index (Phi) is 3.11. The van der Waals surface area contributed by atoms with Crippen molar-refractivity contribution in [1.29, 1.82) is 0 Å². The fraction of sp³-hybridized carbons (Fsp3) is 0.500. The number of benzene rings is 1. The van der Waals surface area contributed by atoms with Crippen molar-refractivity contribution in [2.45, 2.75) is 32.2 Å². The lowest BCUT2D eigenvalue weighted by atomic mass is 10.2. The second kappa shape index (κ2) is 4.53. The van der Waals surface area contributed by atoms with Crippen LogP contribution in [0.2, 0.25) is 0 Å². The molecular formula is C12H17NO2. The molecule has 1 saturated heterocycles. The Morgan fingerprint density at radius 2 is 2.20 bits per heavy atom. The zero-order valence-corrected chi connectivity index (χ0v) is 8.99. The van der Waals surface area contributed by atoms with E-state index in [0.717, 1.165) is 6.04 Å². The number of phenolic OH excluding ortho intramolecular Hbond substituents is 1. The molecule has 2 bridgehead atoms. The molecule has 1 unspecified atom stereocenters. The topological polar surface area (TPSA) is 41.5 Å². The molecule has 0 spiro atoms. The Morgan fingerprint density at radius 3 is 2.47 bits per heavy atom. The molecule has 0 saturated carbocycles. The van der Waals surface area contributed by atoms with Gasteiger partial charge in [-0.15, -0.1) is 0 Å². The van der Waals surface area contributed by atoms with Crippen molar-refractivity contribution in [2.75, 3.05) is 6.54 Å². The molecule has 82 valence electrons. The molecule has 3 nitrogen and oxygen atoms in total. The van der Waals surface area contributed by atoms with Gasteiger partial charge in [-0.2, -0.15) is 0 Å². The van der Waals surface area contributed by atoms with Crippen LogP contribution in [0.5, 0.6) is 17.2 Å². The Bertz CT molecular complexity index is 312. The molecule has 3 aliphatic rings. The van der Waals surface area contributed by atoms with Crippen molar-refractivity contribution in [3.8, 4) is 17.2 Å². The first-order valence-electron chi connectivity index (χ1n) is 5.54. The van der Waals surface area contributed by atoms with Gasteiger partial charge < -0.3 is 15.2 Å². The number of para-hydroxylation sites is 1. The van der Waals surface area contributed by atoms with Crippen LogP contribution in [0.3, 0.4) is 0 Å². The molecule has 3 heterocycles. The highest BCUT2D eigenvalue weighted by Gasteiger charge is 2.18. The lowest BCUT2D eigenvalue weighted by molar-refractivity contribution is 0.334. The smallest absolute Gasteiger partial charge is 0.202 e. The van der Waals surface area contributed by atoms with Crippen molar-refractivity contribution >= 4 is 0 Å². The SMILES string of the molecule is CCC1CCCN1.Oc1c2cccc1O2. The fourth-order valence-electron chi connectivity index (χ4n) is 1.84. The zero-order valence-electron chi connectivity index (χ0n) is 8.99. The minimum atomic E-state index is 0.285. The molecular weight excluding hydrogens is 190 g/mol. The first-order valence-corrected chi connectivity index (χ1v) is 5.54. The van der Waals surface area contributed by atoms with Crippen molar-refractivity contribution in [1.82, 2.24) is 5.32 Å². The van der Waals surface area contributed by atoms with Gasteiger partial charge in [0, 0.05) is 6.04 Å². The molecule has 15 heavy (non-hydrogen) atoms. The molecule has 0 amide bonds. The molecule has 1 fully saturated rings. The Labute approximate surface area is 90.1 Å². The van der Waals surface area contributed by atoms with Crippen LogP contribution in [0.15, 0.2) is 18.2 Å². The van der Waals surface area contributed by atoms with Gasteiger partial charge in [-0.3, -0.25) is 0 Å². The standard InChI is InChI=1S/C6H13N.C6H4O2/c1-2-6-4-3-5-7-6;7-6-4-2-1-3-5(6)8-4/h6-7H,2-5H2,1H3;1-3,7H. The van der Waals surface area contributed by atoms with E-state index in [1.54, 1.807) is 12.1 Å². The third-order valence-electron chi connectivity index (χ3n) is 2.84. The third kappa shape index (κ3) is 2.23. The maximum Gasteiger partial charge on any atom is 0.202 e.